The first-order chi connectivity index (χ1) is 9.93. The van der Waals surface area contributed by atoms with Crippen LogP contribution in [0.2, 0.25) is 0 Å². The maximum Gasteiger partial charge on any atom is 0.416 e. The van der Waals surface area contributed by atoms with Gasteiger partial charge in [-0.1, -0.05) is 24.3 Å². The number of fused-ring (bicyclic) bond motifs is 1. The Hall–Kier alpha value is -2.24. The molecule has 1 aliphatic rings. The quantitative estimate of drug-likeness (QED) is 0.877. The third kappa shape index (κ3) is 2.79. The van der Waals surface area contributed by atoms with Gasteiger partial charge in [0.2, 0.25) is 0 Å². The molecule has 0 atom stereocenters. The summed E-state index contributed by atoms with van der Waals surface area (Å²) in [6, 6.07) is 9.84. The van der Waals surface area contributed by atoms with Crippen molar-refractivity contribution in [3.05, 3.63) is 53.1 Å². The number of rotatable bonds is 1. The van der Waals surface area contributed by atoms with Crippen LogP contribution in [0.4, 0.5) is 24.8 Å². The van der Waals surface area contributed by atoms with Gasteiger partial charge in [0.15, 0.2) is 0 Å². The summed E-state index contributed by atoms with van der Waals surface area (Å²) in [5, 5.41) is 0. The van der Waals surface area contributed by atoms with Crippen molar-refractivity contribution < 1.29 is 13.2 Å². The summed E-state index contributed by atoms with van der Waals surface area (Å²) in [4.78, 5) is 5.87. The maximum atomic E-state index is 12.9. The summed E-state index contributed by atoms with van der Waals surface area (Å²) < 4.78 is 38.6. The van der Waals surface area contributed by atoms with Gasteiger partial charge in [0.1, 0.15) is 11.6 Å². The Balaban J connectivity index is 1.94. The van der Waals surface area contributed by atoms with Crippen molar-refractivity contribution in [3.63, 3.8) is 0 Å². The second kappa shape index (κ2) is 4.95. The number of pyridine rings is 1. The predicted molar refractivity (Wildman–Crippen MR) is 74.8 cm³/mol. The van der Waals surface area contributed by atoms with Crippen molar-refractivity contribution in [3.8, 4) is 0 Å². The molecule has 2 N–H and O–H groups in total. The summed E-state index contributed by atoms with van der Waals surface area (Å²) in [5.74, 6) is 0.163. The van der Waals surface area contributed by atoms with Gasteiger partial charge in [-0.05, 0) is 29.7 Å². The van der Waals surface area contributed by atoms with Crippen LogP contribution in [-0.4, -0.2) is 11.5 Å². The van der Waals surface area contributed by atoms with Gasteiger partial charge in [0, 0.05) is 13.1 Å². The number of halogens is 3. The fourth-order valence-corrected chi connectivity index (χ4v) is 2.55. The normalized spacial score (nSPS) is 14.9. The molecule has 0 saturated heterocycles. The minimum Gasteiger partial charge on any atom is -0.384 e. The molecule has 6 heteroatoms. The minimum absolute atomic E-state index is 0.112. The monoisotopic (exact) mass is 293 g/mol. The zero-order chi connectivity index (χ0) is 15.0. The molecule has 1 aromatic heterocycles. The summed E-state index contributed by atoms with van der Waals surface area (Å²) in [5.41, 5.74) is 7.10. The zero-order valence-electron chi connectivity index (χ0n) is 11.2. The molecular formula is C15H14F3N3. The predicted octanol–water partition coefficient (Wildman–Crippen LogP) is 3.25. The van der Waals surface area contributed by atoms with Crippen LogP contribution in [0.1, 0.15) is 16.7 Å². The van der Waals surface area contributed by atoms with Crippen molar-refractivity contribution in [1.29, 1.82) is 0 Å². The Labute approximate surface area is 120 Å². The van der Waals surface area contributed by atoms with Crippen LogP contribution in [0.5, 0.6) is 0 Å². The highest BCUT2D eigenvalue weighted by Crippen LogP contribution is 2.33. The lowest BCUT2D eigenvalue weighted by atomic mass is 10.00. The maximum absolute atomic E-state index is 12.9. The van der Waals surface area contributed by atoms with Crippen molar-refractivity contribution >= 4 is 11.6 Å². The van der Waals surface area contributed by atoms with E-state index in [1.165, 1.54) is 5.56 Å². The lowest BCUT2D eigenvalue weighted by Gasteiger charge is -2.30. The number of nitrogen functional groups attached to an aromatic ring is 1. The van der Waals surface area contributed by atoms with E-state index in [0.29, 0.717) is 13.1 Å². The van der Waals surface area contributed by atoms with Gasteiger partial charge in [-0.25, -0.2) is 4.98 Å². The van der Waals surface area contributed by atoms with Crippen LogP contribution < -0.4 is 10.6 Å². The van der Waals surface area contributed by atoms with Crippen LogP contribution in [-0.2, 0) is 19.1 Å². The molecular weight excluding hydrogens is 279 g/mol. The molecule has 1 aromatic carbocycles. The summed E-state index contributed by atoms with van der Waals surface area (Å²) in [6.45, 7) is 1.18. The topological polar surface area (TPSA) is 42.1 Å². The Kier molecular flexibility index (Phi) is 3.23. The van der Waals surface area contributed by atoms with Crippen molar-refractivity contribution in [2.75, 3.05) is 17.2 Å². The molecule has 0 fully saturated rings. The molecule has 3 nitrogen and oxygen atoms in total. The average Bonchev–Trinajstić information content (AvgIpc) is 2.45. The van der Waals surface area contributed by atoms with Crippen LogP contribution in [0, 0.1) is 0 Å². The first kappa shape index (κ1) is 13.7. The number of nitrogens with zero attached hydrogens (tertiary/aromatic N) is 2. The number of hydrogen-bond donors (Lipinski definition) is 1. The van der Waals surface area contributed by atoms with E-state index in [1.54, 1.807) is 0 Å². The van der Waals surface area contributed by atoms with Gasteiger partial charge < -0.3 is 10.6 Å². The molecule has 2 aromatic rings. The Morgan fingerprint density at radius 3 is 2.52 bits per heavy atom. The first-order valence-electron chi connectivity index (χ1n) is 6.60. The van der Waals surface area contributed by atoms with Crippen LogP contribution in [0.3, 0.4) is 0 Å². The molecule has 0 saturated carbocycles. The number of alkyl halides is 3. The minimum atomic E-state index is -4.42. The van der Waals surface area contributed by atoms with Gasteiger partial charge in [-0.15, -0.1) is 0 Å². The van der Waals surface area contributed by atoms with E-state index in [9.17, 15) is 13.2 Å². The van der Waals surface area contributed by atoms with E-state index in [2.05, 4.69) is 4.98 Å². The lowest BCUT2D eigenvalue weighted by Crippen LogP contribution is -2.31. The summed E-state index contributed by atoms with van der Waals surface area (Å²) >= 11 is 0. The van der Waals surface area contributed by atoms with Crippen molar-refractivity contribution in [1.82, 2.24) is 4.98 Å². The Morgan fingerprint density at radius 2 is 1.81 bits per heavy atom. The third-order valence-corrected chi connectivity index (χ3v) is 3.61. The van der Waals surface area contributed by atoms with Gasteiger partial charge >= 0.3 is 6.18 Å². The van der Waals surface area contributed by atoms with E-state index >= 15 is 0 Å². The van der Waals surface area contributed by atoms with Crippen LogP contribution >= 0.6 is 0 Å². The number of hydrogen-bond acceptors (Lipinski definition) is 3. The molecule has 0 bridgehead atoms. The second-order valence-electron chi connectivity index (χ2n) is 5.08. The summed E-state index contributed by atoms with van der Waals surface area (Å²) in [7, 11) is 0. The number of benzene rings is 1. The second-order valence-corrected chi connectivity index (χ2v) is 5.08. The average molecular weight is 293 g/mol. The van der Waals surface area contributed by atoms with Crippen LogP contribution in [0.25, 0.3) is 0 Å². The van der Waals surface area contributed by atoms with Crippen molar-refractivity contribution in [2.45, 2.75) is 19.1 Å². The van der Waals surface area contributed by atoms with E-state index in [1.807, 2.05) is 29.2 Å². The molecule has 0 amide bonds. The fraction of sp³-hybridized carbons (Fsp3) is 0.267. The standard InChI is InChI=1S/C15H14F3N3/c16-15(17,18)12-7-13(19)20-14(8-12)21-6-5-10-3-1-2-4-11(10)9-21/h1-4,7-8H,5-6,9H2,(H2,19,20). The highest BCUT2D eigenvalue weighted by atomic mass is 19.4. The molecule has 3 rings (SSSR count). The SMILES string of the molecule is Nc1cc(C(F)(F)F)cc(N2CCc3ccccc3C2)n1. The first-order valence-corrected chi connectivity index (χ1v) is 6.60. The van der Waals surface area contributed by atoms with Gasteiger partial charge in [-0.3, -0.25) is 0 Å². The lowest BCUT2D eigenvalue weighted by molar-refractivity contribution is -0.137. The summed E-state index contributed by atoms with van der Waals surface area (Å²) in [6.07, 6.45) is -3.63. The molecule has 1 aliphatic heterocycles. The van der Waals surface area contributed by atoms with E-state index in [0.717, 1.165) is 24.1 Å². The van der Waals surface area contributed by atoms with Crippen LogP contribution in [0.15, 0.2) is 36.4 Å². The number of aromatic nitrogens is 1. The molecule has 21 heavy (non-hydrogen) atoms. The van der Waals surface area contributed by atoms with E-state index < -0.39 is 11.7 Å². The van der Waals surface area contributed by atoms with Gasteiger partial charge in [0.25, 0.3) is 0 Å². The zero-order valence-corrected chi connectivity index (χ0v) is 11.2. The number of nitrogens with two attached hydrogens (primary N) is 1. The Bertz CT molecular complexity index is 667. The smallest absolute Gasteiger partial charge is 0.384 e. The molecule has 0 aliphatic carbocycles. The molecule has 0 radical (unpaired) electrons. The highest BCUT2D eigenvalue weighted by Gasteiger charge is 2.32. The highest BCUT2D eigenvalue weighted by molar-refractivity contribution is 5.51. The molecule has 2 heterocycles. The number of anilines is 2. The molecule has 110 valence electrons. The van der Waals surface area contributed by atoms with E-state index in [-0.39, 0.29) is 11.6 Å². The fourth-order valence-electron chi connectivity index (χ4n) is 2.55. The van der Waals surface area contributed by atoms with Gasteiger partial charge in [-0.2, -0.15) is 13.2 Å². The molecule has 0 spiro atoms. The van der Waals surface area contributed by atoms with Gasteiger partial charge in [0.05, 0.1) is 5.56 Å². The molecule has 0 unspecified atom stereocenters. The van der Waals surface area contributed by atoms with E-state index in [4.69, 9.17) is 5.73 Å². The third-order valence-electron chi connectivity index (χ3n) is 3.61. The largest absolute Gasteiger partial charge is 0.416 e. The van der Waals surface area contributed by atoms with Crippen molar-refractivity contribution in [2.24, 2.45) is 0 Å². The Morgan fingerprint density at radius 1 is 1.10 bits per heavy atom.